The Morgan fingerprint density at radius 2 is 1.77 bits per heavy atom. The van der Waals surface area contributed by atoms with Crippen LogP contribution in [0.25, 0.3) is 0 Å². The lowest BCUT2D eigenvalue weighted by Gasteiger charge is -2.10. The number of nitrogens with zero attached hydrogens (tertiary/aromatic N) is 1. The Bertz CT molecular complexity index is 274. The fraction of sp³-hybridized carbons (Fsp3) is 0.727. The van der Waals surface area contributed by atoms with Crippen molar-refractivity contribution in [3.63, 3.8) is 0 Å². The summed E-state index contributed by atoms with van der Waals surface area (Å²) in [5.41, 5.74) is 2.82. The van der Waals surface area contributed by atoms with Crippen LogP contribution in [0, 0.1) is 0 Å². The molecule has 1 heterocycles. The molecular weight excluding hydrogens is 178 g/mol. The molecule has 2 heteroatoms. The highest BCUT2D eigenvalue weighted by Gasteiger charge is 2.17. The average molecular weight is 197 g/mol. The number of aryl methyl sites for hydroxylation is 1. The zero-order chi connectivity index (χ0) is 10.0. The molecule has 0 spiro atoms. The van der Waals surface area contributed by atoms with E-state index in [1.54, 1.807) is 11.5 Å². The van der Waals surface area contributed by atoms with Gasteiger partial charge in [0.05, 0.1) is 5.69 Å². The van der Waals surface area contributed by atoms with Gasteiger partial charge in [-0.2, -0.15) is 4.37 Å². The maximum absolute atomic E-state index is 4.55. The van der Waals surface area contributed by atoms with Crippen LogP contribution in [0.4, 0.5) is 0 Å². The van der Waals surface area contributed by atoms with Crippen LogP contribution in [0.15, 0.2) is 0 Å². The van der Waals surface area contributed by atoms with Crippen molar-refractivity contribution in [3.05, 3.63) is 16.1 Å². The molecular formula is C11H19NS. The van der Waals surface area contributed by atoms with Gasteiger partial charge in [0.1, 0.15) is 0 Å². The van der Waals surface area contributed by atoms with Gasteiger partial charge in [-0.25, -0.2) is 0 Å². The Balaban J connectivity index is 3.14. The van der Waals surface area contributed by atoms with E-state index in [2.05, 4.69) is 39.0 Å². The lowest BCUT2D eigenvalue weighted by molar-refractivity contribution is 0.769. The second-order valence-corrected chi connectivity index (χ2v) is 4.93. The van der Waals surface area contributed by atoms with Crippen molar-refractivity contribution in [3.8, 4) is 0 Å². The monoisotopic (exact) mass is 197 g/mol. The van der Waals surface area contributed by atoms with E-state index >= 15 is 0 Å². The van der Waals surface area contributed by atoms with Crippen molar-refractivity contribution in [1.82, 2.24) is 4.37 Å². The van der Waals surface area contributed by atoms with Gasteiger partial charge in [0, 0.05) is 4.88 Å². The second kappa shape index (κ2) is 4.23. The van der Waals surface area contributed by atoms with Gasteiger partial charge in [-0.3, -0.25) is 0 Å². The van der Waals surface area contributed by atoms with Gasteiger partial charge in [-0.15, -0.1) is 0 Å². The predicted molar refractivity (Wildman–Crippen MR) is 59.7 cm³/mol. The summed E-state index contributed by atoms with van der Waals surface area (Å²) < 4.78 is 4.55. The standard InChI is InChI=1S/C11H19NS/c1-6-9-10(7(2)3)11(8(4)5)12-13-9/h7-8H,6H2,1-5H3. The highest BCUT2D eigenvalue weighted by molar-refractivity contribution is 7.06. The molecule has 0 amide bonds. The highest BCUT2D eigenvalue weighted by Crippen LogP contribution is 2.31. The molecule has 0 atom stereocenters. The van der Waals surface area contributed by atoms with Crippen molar-refractivity contribution in [2.45, 2.75) is 52.9 Å². The molecule has 1 aromatic heterocycles. The number of hydrogen-bond acceptors (Lipinski definition) is 2. The Kier molecular flexibility index (Phi) is 3.48. The maximum atomic E-state index is 4.55. The molecule has 0 aliphatic carbocycles. The Morgan fingerprint density at radius 1 is 1.15 bits per heavy atom. The summed E-state index contributed by atoms with van der Waals surface area (Å²) >= 11 is 1.68. The maximum Gasteiger partial charge on any atom is 0.0604 e. The molecule has 0 radical (unpaired) electrons. The molecule has 13 heavy (non-hydrogen) atoms. The molecule has 1 aromatic rings. The third kappa shape index (κ3) is 2.11. The van der Waals surface area contributed by atoms with E-state index in [1.165, 1.54) is 16.1 Å². The highest BCUT2D eigenvalue weighted by atomic mass is 32.1. The van der Waals surface area contributed by atoms with Crippen LogP contribution < -0.4 is 0 Å². The molecule has 0 unspecified atom stereocenters. The van der Waals surface area contributed by atoms with Gasteiger partial charge in [0.2, 0.25) is 0 Å². The van der Waals surface area contributed by atoms with E-state index in [1.807, 2.05) is 0 Å². The summed E-state index contributed by atoms with van der Waals surface area (Å²) in [7, 11) is 0. The minimum Gasteiger partial charge on any atom is -0.197 e. The number of rotatable bonds is 3. The van der Waals surface area contributed by atoms with Crippen LogP contribution in [0.1, 0.15) is 62.6 Å². The molecule has 0 aromatic carbocycles. The quantitative estimate of drug-likeness (QED) is 0.715. The van der Waals surface area contributed by atoms with E-state index in [0.717, 1.165) is 6.42 Å². The molecule has 1 nitrogen and oxygen atoms in total. The van der Waals surface area contributed by atoms with Gasteiger partial charge in [0.15, 0.2) is 0 Å². The third-order valence-corrected chi connectivity index (χ3v) is 3.29. The molecule has 0 N–H and O–H groups in total. The summed E-state index contributed by atoms with van der Waals surface area (Å²) in [6, 6.07) is 0. The van der Waals surface area contributed by atoms with Crippen molar-refractivity contribution in [2.24, 2.45) is 0 Å². The third-order valence-electron chi connectivity index (χ3n) is 2.28. The van der Waals surface area contributed by atoms with E-state index in [-0.39, 0.29) is 0 Å². The molecule has 0 fully saturated rings. The van der Waals surface area contributed by atoms with Crippen LogP contribution in [0.2, 0.25) is 0 Å². The largest absolute Gasteiger partial charge is 0.197 e. The summed E-state index contributed by atoms with van der Waals surface area (Å²) in [6.45, 7) is 11.2. The van der Waals surface area contributed by atoms with Gasteiger partial charge in [0.25, 0.3) is 0 Å². The number of hydrogen-bond donors (Lipinski definition) is 0. The first-order chi connectivity index (χ1) is 6.07. The van der Waals surface area contributed by atoms with Gasteiger partial charge in [-0.1, -0.05) is 34.6 Å². The Morgan fingerprint density at radius 3 is 2.15 bits per heavy atom. The normalized spacial score (nSPS) is 11.6. The topological polar surface area (TPSA) is 12.9 Å². The summed E-state index contributed by atoms with van der Waals surface area (Å²) in [5.74, 6) is 1.18. The molecule has 74 valence electrons. The van der Waals surface area contributed by atoms with Crippen LogP contribution in [-0.4, -0.2) is 4.37 Å². The summed E-state index contributed by atoms with van der Waals surface area (Å²) in [5, 5.41) is 0. The van der Waals surface area contributed by atoms with E-state index < -0.39 is 0 Å². The van der Waals surface area contributed by atoms with Gasteiger partial charge >= 0.3 is 0 Å². The zero-order valence-corrected chi connectivity index (χ0v) is 10.0. The molecule has 0 saturated heterocycles. The second-order valence-electron chi connectivity index (χ2n) is 4.07. The van der Waals surface area contributed by atoms with Crippen LogP contribution >= 0.6 is 11.5 Å². The Labute approximate surface area is 85.4 Å². The average Bonchev–Trinajstić information content (AvgIpc) is 2.46. The first-order valence-corrected chi connectivity index (χ1v) is 5.83. The lowest BCUT2D eigenvalue weighted by atomic mass is 9.95. The van der Waals surface area contributed by atoms with Gasteiger partial charge in [-0.05, 0) is 35.4 Å². The fourth-order valence-electron chi connectivity index (χ4n) is 1.63. The van der Waals surface area contributed by atoms with Crippen molar-refractivity contribution < 1.29 is 0 Å². The van der Waals surface area contributed by atoms with Gasteiger partial charge < -0.3 is 0 Å². The van der Waals surface area contributed by atoms with Crippen LogP contribution in [-0.2, 0) is 6.42 Å². The van der Waals surface area contributed by atoms with Crippen LogP contribution in [0.3, 0.4) is 0 Å². The van der Waals surface area contributed by atoms with Crippen molar-refractivity contribution in [2.75, 3.05) is 0 Å². The molecule has 0 saturated carbocycles. The number of aromatic nitrogens is 1. The van der Waals surface area contributed by atoms with E-state index in [4.69, 9.17) is 0 Å². The smallest absolute Gasteiger partial charge is 0.0604 e. The SMILES string of the molecule is CCc1snc(C(C)C)c1C(C)C. The van der Waals surface area contributed by atoms with Crippen molar-refractivity contribution in [1.29, 1.82) is 0 Å². The zero-order valence-electron chi connectivity index (χ0n) is 9.22. The minimum atomic E-state index is 0.564. The summed E-state index contributed by atoms with van der Waals surface area (Å²) in [6.07, 6.45) is 1.12. The molecule has 1 rings (SSSR count). The Hall–Kier alpha value is -0.370. The molecule has 0 bridgehead atoms. The fourth-order valence-corrected chi connectivity index (χ4v) is 2.72. The van der Waals surface area contributed by atoms with E-state index in [0.29, 0.717) is 11.8 Å². The molecule has 0 aliphatic rings. The minimum absolute atomic E-state index is 0.564. The lowest BCUT2D eigenvalue weighted by Crippen LogP contribution is -1.98. The first-order valence-electron chi connectivity index (χ1n) is 5.06. The van der Waals surface area contributed by atoms with Crippen LogP contribution in [0.5, 0.6) is 0 Å². The summed E-state index contributed by atoms with van der Waals surface area (Å²) in [4.78, 5) is 1.47. The van der Waals surface area contributed by atoms with Crippen molar-refractivity contribution >= 4 is 11.5 Å². The molecule has 0 aliphatic heterocycles. The first kappa shape index (κ1) is 10.7. The predicted octanol–water partition coefficient (Wildman–Crippen LogP) is 3.95. The van der Waals surface area contributed by atoms with E-state index in [9.17, 15) is 0 Å².